The zero-order chi connectivity index (χ0) is 22.2. The zero-order valence-corrected chi connectivity index (χ0v) is 18.6. The first-order valence-corrected chi connectivity index (χ1v) is 10.8. The number of para-hydroxylation sites is 2. The smallest absolute Gasteiger partial charge is 0.204 e. The number of nitrogens with zero attached hydrogens (tertiary/aromatic N) is 2. The van der Waals surface area contributed by atoms with Gasteiger partial charge in [0.05, 0.1) is 30.7 Å². The Morgan fingerprint density at radius 1 is 0.906 bits per heavy atom. The summed E-state index contributed by atoms with van der Waals surface area (Å²) < 4.78 is 23.7. The van der Waals surface area contributed by atoms with Crippen molar-refractivity contribution in [3.63, 3.8) is 0 Å². The Bertz CT molecular complexity index is 1140. The number of benzene rings is 3. The summed E-state index contributed by atoms with van der Waals surface area (Å²) in [4.78, 5) is 4.50. The zero-order valence-electron chi connectivity index (χ0n) is 17.8. The monoisotopic (exact) mass is 449 g/mol. The van der Waals surface area contributed by atoms with Crippen molar-refractivity contribution in [2.45, 2.75) is 0 Å². The molecule has 1 heterocycles. The van der Waals surface area contributed by atoms with Crippen LogP contribution in [-0.4, -0.2) is 38.6 Å². The van der Waals surface area contributed by atoms with E-state index in [4.69, 9.17) is 18.9 Å². The molecule has 164 valence electrons. The third-order valence-electron chi connectivity index (χ3n) is 4.49. The minimum Gasteiger partial charge on any atom is -0.493 e. The van der Waals surface area contributed by atoms with Crippen LogP contribution >= 0.6 is 11.3 Å². The van der Waals surface area contributed by atoms with Crippen molar-refractivity contribution in [2.75, 3.05) is 32.9 Å². The summed E-state index contributed by atoms with van der Waals surface area (Å²) in [5, 5.41) is 5.02. The van der Waals surface area contributed by atoms with Gasteiger partial charge in [-0.1, -0.05) is 41.7 Å². The second-order valence-corrected chi connectivity index (χ2v) is 7.65. The Labute approximate surface area is 190 Å². The largest absolute Gasteiger partial charge is 0.493 e. The van der Waals surface area contributed by atoms with Gasteiger partial charge in [-0.05, 0) is 36.4 Å². The van der Waals surface area contributed by atoms with Crippen LogP contribution in [0.1, 0.15) is 5.56 Å². The topological polar surface area (TPSA) is 74.2 Å². The molecule has 0 bridgehead atoms. The predicted molar refractivity (Wildman–Crippen MR) is 128 cm³/mol. The Hall–Kier alpha value is -3.78. The predicted octanol–water partition coefficient (Wildman–Crippen LogP) is 5.22. The molecule has 32 heavy (non-hydrogen) atoms. The van der Waals surface area contributed by atoms with Gasteiger partial charge in [-0.3, -0.25) is 5.43 Å². The molecule has 1 N–H and O–H groups in total. The summed E-state index contributed by atoms with van der Waals surface area (Å²) >= 11 is 1.54. The van der Waals surface area contributed by atoms with Crippen LogP contribution in [-0.2, 0) is 0 Å². The summed E-state index contributed by atoms with van der Waals surface area (Å²) in [6.45, 7) is 0.736. The van der Waals surface area contributed by atoms with Crippen LogP contribution < -0.4 is 24.4 Å². The Morgan fingerprint density at radius 3 is 2.31 bits per heavy atom. The number of aromatic nitrogens is 1. The molecular formula is C24H23N3O4S. The van der Waals surface area contributed by atoms with E-state index in [0.717, 1.165) is 26.7 Å². The molecule has 0 aliphatic rings. The van der Waals surface area contributed by atoms with Gasteiger partial charge < -0.3 is 18.9 Å². The van der Waals surface area contributed by atoms with E-state index in [1.165, 1.54) is 0 Å². The Balaban J connectivity index is 1.41. The quantitative estimate of drug-likeness (QED) is 0.203. The number of thiazole rings is 1. The van der Waals surface area contributed by atoms with E-state index < -0.39 is 0 Å². The van der Waals surface area contributed by atoms with Crippen molar-refractivity contribution >= 4 is 32.9 Å². The molecule has 3 aromatic carbocycles. The van der Waals surface area contributed by atoms with Crippen LogP contribution in [0.2, 0.25) is 0 Å². The number of nitrogens with one attached hydrogen (secondary N) is 1. The highest BCUT2D eigenvalue weighted by atomic mass is 32.1. The molecule has 8 heteroatoms. The number of rotatable bonds is 10. The van der Waals surface area contributed by atoms with Gasteiger partial charge >= 0.3 is 0 Å². The van der Waals surface area contributed by atoms with Crippen molar-refractivity contribution in [2.24, 2.45) is 5.10 Å². The van der Waals surface area contributed by atoms with Crippen molar-refractivity contribution in [1.82, 2.24) is 4.98 Å². The number of fused-ring (bicyclic) bond motifs is 1. The maximum absolute atomic E-state index is 5.89. The van der Waals surface area contributed by atoms with E-state index in [2.05, 4.69) is 15.5 Å². The van der Waals surface area contributed by atoms with E-state index in [-0.39, 0.29) is 0 Å². The van der Waals surface area contributed by atoms with Gasteiger partial charge in [0.15, 0.2) is 11.5 Å². The Morgan fingerprint density at radius 2 is 1.59 bits per heavy atom. The average Bonchev–Trinajstić information content (AvgIpc) is 3.25. The molecule has 0 amide bonds. The van der Waals surface area contributed by atoms with Crippen molar-refractivity contribution in [3.05, 3.63) is 72.3 Å². The van der Waals surface area contributed by atoms with Gasteiger partial charge in [0.25, 0.3) is 0 Å². The van der Waals surface area contributed by atoms with Gasteiger partial charge in [0, 0.05) is 5.56 Å². The number of ether oxygens (including phenoxy) is 4. The molecule has 0 saturated carbocycles. The minimum absolute atomic E-state index is 0.341. The van der Waals surface area contributed by atoms with Crippen LogP contribution in [0.25, 0.3) is 10.2 Å². The molecule has 4 aromatic rings. The standard InChI is InChI=1S/C24H23N3O4S/c1-28-20-14-17(16-25-27-24-26-19-10-6-7-11-22(19)32-24)15-21(29-2)23(20)31-13-12-30-18-8-4-3-5-9-18/h3-11,14-16H,12-13H2,1-2H3,(H,26,27)/b25-16-. The van der Waals surface area contributed by atoms with Gasteiger partial charge in [0.2, 0.25) is 10.9 Å². The fourth-order valence-corrected chi connectivity index (χ4v) is 3.83. The summed E-state index contributed by atoms with van der Waals surface area (Å²) in [5.41, 5.74) is 4.71. The summed E-state index contributed by atoms with van der Waals surface area (Å²) in [6, 6.07) is 21.2. The third-order valence-corrected chi connectivity index (χ3v) is 5.43. The molecule has 4 rings (SSSR count). The lowest BCUT2D eigenvalue weighted by atomic mass is 10.2. The molecule has 0 spiro atoms. The van der Waals surface area contributed by atoms with E-state index in [0.29, 0.717) is 30.5 Å². The van der Waals surface area contributed by atoms with Crippen LogP contribution in [0.3, 0.4) is 0 Å². The maximum Gasteiger partial charge on any atom is 0.204 e. The molecule has 0 fully saturated rings. The number of hydrogen-bond donors (Lipinski definition) is 1. The molecule has 0 unspecified atom stereocenters. The number of anilines is 1. The first-order chi connectivity index (χ1) is 15.8. The van der Waals surface area contributed by atoms with Crippen LogP contribution in [0.5, 0.6) is 23.0 Å². The fraction of sp³-hybridized carbons (Fsp3) is 0.167. The van der Waals surface area contributed by atoms with Gasteiger partial charge in [0.1, 0.15) is 19.0 Å². The molecular weight excluding hydrogens is 426 g/mol. The van der Waals surface area contributed by atoms with Crippen molar-refractivity contribution in [1.29, 1.82) is 0 Å². The number of methoxy groups -OCH3 is 2. The SMILES string of the molecule is COc1cc(/C=N\Nc2nc3ccccc3s2)cc(OC)c1OCCOc1ccccc1. The molecule has 1 aromatic heterocycles. The summed E-state index contributed by atoms with van der Waals surface area (Å²) in [5.74, 6) is 2.40. The molecule has 0 saturated heterocycles. The third kappa shape index (κ3) is 5.28. The van der Waals surface area contributed by atoms with E-state index >= 15 is 0 Å². The highest BCUT2D eigenvalue weighted by Gasteiger charge is 2.14. The van der Waals surface area contributed by atoms with Crippen molar-refractivity contribution < 1.29 is 18.9 Å². The fourth-order valence-electron chi connectivity index (χ4n) is 3.02. The second-order valence-electron chi connectivity index (χ2n) is 6.62. The molecule has 7 nitrogen and oxygen atoms in total. The second kappa shape index (κ2) is 10.5. The lowest BCUT2D eigenvalue weighted by Crippen LogP contribution is -2.10. The van der Waals surface area contributed by atoms with Crippen LogP contribution in [0.4, 0.5) is 5.13 Å². The van der Waals surface area contributed by atoms with E-state index in [1.54, 1.807) is 31.8 Å². The Kier molecular flexibility index (Phi) is 7.04. The molecule has 0 aliphatic heterocycles. The van der Waals surface area contributed by atoms with Crippen LogP contribution in [0.15, 0.2) is 71.8 Å². The maximum atomic E-state index is 5.89. The number of hydrazone groups is 1. The minimum atomic E-state index is 0.341. The van der Waals surface area contributed by atoms with Crippen LogP contribution in [0, 0.1) is 0 Å². The number of hydrogen-bond acceptors (Lipinski definition) is 8. The molecule has 0 radical (unpaired) electrons. The highest BCUT2D eigenvalue weighted by molar-refractivity contribution is 7.22. The van der Waals surface area contributed by atoms with Crippen molar-refractivity contribution in [3.8, 4) is 23.0 Å². The average molecular weight is 450 g/mol. The van der Waals surface area contributed by atoms with E-state index in [9.17, 15) is 0 Å². The first-order valence-electron chi connectivity index (χ1n) is 9.98. The summed E-state index contributed by atoms with van der Waals surface area (Å²) in [7, 11) is 3.17. The van der Waals surface area contributed by atoms with Gasteiger partial charge in [-0.15, -0.1) is 0 Å². The first kappa shape index (κ1) is 21.5. The van der Waals surface area contributed by atoms with Gasteiger partial charge in [-0.2, -0.15) is 5.10 Å². The molecule has 0 aliphatic carbocycles. The van der Waals surface area contributed by atoms with Gasteiger partial charge in [-0.25, -0.2) is 4.98 Å². The highest BCUT2D eigenvalue weighted by Crippen LogP contribution is 2.38. The molecule has 0 atom stereocenters. The summed E-state index contributed by atoms with van der Waals surface area (Å²) in [6.07, 6.45) is 1.68. The lowest BCUT2D eigenvalue weighted by molar-refractivity contribution is 0.205. The van der Waals surface area contributed by atoms with E-state index in [1.807, 2.05) is 66.7 Å². The normalized spacial score (nSPS) is 10.9. The lowest BCUT2D eigenvalue weighted by Gasteiger charge is -2.15.